The van der Waals surface area contributed by atoms with Crippen LogP contribution in [0.2, 0.25) is 0 Å². The number of halogens is 1. The Morgan fingerprint density at radius 3 is 2.54 bits per heavy atom. The first-order valence-corrected chi connectivity index (χ1v) is 10.2. The average Bonchev–Trinajstić information content (AvgIpc) is 3.15. The highest BCUT2D eigenvalue weighted by atomic mass is 35.5. The molecule has 0 atom stereocenters. The van der Waals surface area contributed by atoms with Crippen molar-refractivity contribution < 1.29 is 9.47 Å². The van der Waals surface area contributed by atoms with Gasteiger partial charge in [-0.15, -0.1) is 11.6 Å². The predicted octanol–water partition coefficient (Wildman–Crippen LogP) is 4.29. The second-order valence-electron chi connectivity index (χ2n) is 6.79. The molecule has 138 valence electrons. The van der Waals surface area contributed by atoms with Crippen LogP contribution >= 0.6 is 23.4 Å². The number of hydrogen-bond acceptors (Lipinski definition) is 5. The van der Waals surface area contributed by atoms with Gasteiger partial charge in [0.25, 0.3) is 0 Å². The molecular weight excluding hydrogens is 368 g/mol. The van der Waals surface area contributed by atoms with Crippen molar-refractivity contribution in [2.24, 2.45) is 0 Å². The Kier molecular flexibility index (Phi) is 5.17. The molecule has 26 heavy (non-hydrogen) atoms. The Morgan fingerprint density at radius 1 is 1.08 bits per heavy atom. The third-order valence-electron chi connectivity index (χ3n) is 4.77. The van der Waals surface area contributed by atoms with Crippen LogP contribution in [-0.2, 0) is 15.3 Å². The topological polar surface area (TPSA) is 24.9 Å². The molecule has 0 unspecified atom stereocenters. The largest absolute Gasteiger partial charge is 0.342 e. The number of fused-ring (bicyclic) bond motifs is 2. The van der Waals surface area contributed by atoms with Crippen molar-refractivity contribution in [3.8, 4) is 0 Å². The van der Waals surface area contributed by atoms with E-state index in [0.717, 1.165) is 18.7 Å². The molecule has 1 fully saturated rings. The summed E-state index contributed by atoms with van der Waals surface area (Å²) in [5, 5.41) is 0. The molecular formula is C20H23ClN2O2S. The normalized spacial score (nSPS) is 18.1. The smallest absolute Gasteiger partial charge is 0.209 e. The summed E-state index contributed by atoms with van der Waals surface area (Å²) in [5.41, 5.74) is 3.42. The first kappa shape index (κ1) is 18.1. The second kappa shape index (κ2) is 7.41. The van der Waals surface area contributed by atoms with Gasteiger partial charge in [0.05, 0.1) is 30.5 Å². The van der Waals surface area contributed by atoms with Gasteiger partial charge in [0.1, 0.15) is 0 Å². The van der Waals surface area contributed by atoms with E-state index in [1.54, 1.807) is 0 Å². The minimum atomic E-state index is -0.828. The fourth-order valence-electron chi connectivity index (χ4n) is 3.38. The van der Waals surface area contributed by atoms with Gasteiger partial charge in [-0.25, -0.2) is 0 Å². The van der Waals surface area contributed by atoms with E-state index in [9.17, 15) is 0 Å². The van der Waals surface area contributed by atoms with Gasteiger partial charge in [0.2, 0.25) is 5.79 Å². The van der Waals surface area contributed by atoms with E-state index >= 15 is 0 Å². The Morgan fingerprint density at radius 2 is 1.81 bits per heavy atom. The second-order valence-corrected chi connectivity index (χ2v) is 8.14. The number of anilines is 2. The minimum absolute atomic E-state index is 0.285. The summed E-state index contributed by atoms with van der Waals surface area (Å²) in [6.45, 7) is 3.03. The zero-order chi connectivity index (χ0) is 18.1. The summed E-state index contributed by atoms with van der Waals surface area (Å²) in [7, 11) is 4.20. The molecule has 0 bridgehead atoms. The lowest BCUT2D eigenvalue weighted by molar-refractivity contribution is -0.146. The number of alkyl halides is 1. The molecule has 0 N–H and O–H groups in total. The van der Waals surface area contributed by atoms with Crippen molar-refractivity contribution in [1.82, 2.24) is 4.90 Å². The first-order valence-electron chi connectivity index (χ1n) is 8.80. The maximum Gasteiger partial charge on any atom is 0.209 e. The van der Waals surface area contributed by atoms with Gasteiger partial charge in [-0.3, -0.25) is 0 Å². The van der Waals surface area contributed by atoms with Crippen LogP contribution in [0, 0.1) is 0 Å². The van der Waals surface area contributed by atoms with Crippen LogP contribution in [0.1, 0.15) is 5.56 Å². The molecule has 0 spiro atoms. The first-order chi connectivity index (χ1) is 12.6. The number of benzene rings is 2. The van der Waals surface area contributed by atoms with Crippen molar-refractivity contribution >= 4 is 34.7 Å². The van der Waals surface area contributed by atoms with E-state index < -0.39 is 5.79 Å². The monoisotopic (exact) mass is 390 g/mol. The molecule has 6 heteroatoms. The fourth-order valence-corrected chi connectivity index (χ4v) is 4.77. The quantitative estimate of drug-likeness (QED) is 0.709. The van der Waals surface area contributed by atoms with Gasteiger partial charge in [-0.2, -0.15) is 0 Å². The summed E-state index contributed by atoms with van der Waals surface area (Å²) < 4.78 is 11.8. The van der Waals surface area contributed by atoms with E-state index in [1.165, 1.54) is 21.2 Å². The maximum absolute atomic E-state index is 6.23. The molecule has 4 nitrogen and oxygen atoms in total. The molecule has 0 amide bonds. The van der Waals surface area contributed by atoms with E-state index in [2.05, 4.69) is 66.4 Å². The van der Waals surface area contributed by atoms with Gasteiger partial charge in [0, 0.05) is 28.4 Å². The summed E-state index contributed by atoms with van der Waals surface area (Å²) >= 11 is 8.04. The zero-order valence-electron chi connectivity index (χ0n) is 15.1. The summed E-state index contributed by atoms with van der Waals surface area (Å²) in [4.78, 5) is 7.12. The SMILES string of the molecule is CN(C)CCN1c2ccccc2Sc2ccc(C3(CCl)OCCO3)cc21. The van der Waals surface area contributed by atoms with Gasteiger partial charge in [-0.1, -0.05) is 30.0 Å². The molecule has 0 aromatic heterocycles. The lowest BCUT2D eigenvalue weighted by Gasteiger charge is -2.35. The number of nitrogens with zero attached hydrogens (tertiary/aromatic N) is 2. The van der Waals surface area contributed by atoms with Gasteiger partial charge >= 0.3 is 0 Å². The van der Waals surface area contributed by atoms with E-state index in [0.29, 0.717) is 13.2 Å². The molecule has 1 saturated heterocycles. The highest BCUT2D eigenvalue weighted by molar-refractivity contribution is 7.99. The van der Waals surface area contributed by atoms with Crippen LogP contribution in [0.4, 0.5) is 11.4 Å². The Bertz CT molecular complexity index is 793. The number of hydrogen-bond donors (Lipinski definition) is 0. The Labute approximate surface area is 164 Å². The van der Waals surface area contributed by atoms with E-state index in [-0.39, 0.29) is 5.88 Å². The highest BCUT2D eigenvalue weighted by Crippen LogP contribution is 2.49. The molecule has 0 radical (unpaired) electrons. The van der Waals surface area contributed by atoms with Crippen LogP contribution in [0.25, 0.3) is 0 Å². The lowest BCUT2D eigenvalue weighted by Crippen LogP contribution is -2.32. The van der Waals surface area contributed by atoms with Gasteiger partial charge in [-0.05, 0) is 38.4 Å². The van der Waals surface area contributed by atoms with Crippen LogP contribution in [-0.4, -0.2) is 51.2 Å². The molecule has 0 saturated carbocycles. The number of likely N-dealkylation sites (N-methyl/N-ethyl adjacent to an activating group) is 1. The van der Waals surface area contributed by atoms with Crippen LogP contribution in [0.5, 0.6) is 0 Å². The molecule has 4 rings (SSSR count). The highest BCUT2D eigenvalue weighted by Gasteiger charge is 2.39. The van der Waals surface area contributed by atoms with Gasteiger partial charge in [0.15, 0.2) is 0 Å². The standard InChI is InChI=1S/C20H23ClN2O2S/c1-22(2)9-10-23-16-5-3-4-6-18(16)26-19-8-7-15(13-17(19)23)20(14-21)24-11-12-25-20/h3-8,13H,9-12,14H2,1-2H3. The zero-order valence-corrected chi connectivity index (χ0v) is 16.6. The van der Waals surface area contributed by atoms with Gasteiger partial charge < -0.3 is 19.3 Å². The summed E-state index contributed by atoms with van der Waals surface area (Å²) in [5.74, 6) is -0.543. The summed E-state index contributed by atoms with van der Waals surface area (Å²) in [6, 6.07) is 15.0. The molecule has 2 aromatic carbocycles. The number of ether oxygens (including phenoxy) is 2. The third-order valence-corrected chi connectivity index (χ3v) is 6.25. The van der Waals surface area contributed by atoms with E-state index in [1.807, 2.05) is 11.8 Å². The number of para-hydroxylation sites is 1. The maximum atomic E-state index is 6.23. The van der Waals surface area contributed by atoms with E-state index in [4.69, 9.17) is 21.1 Å². The van der Waals surface area contributed by atoms with Crippen LogP contribution in [0.15, 0.2) is 52.3 Å². The molecule has 2 aromatic rings. The minimum Gasteiger partial charge on any atom is -0.342 e. The fraction of sp³-hybridized carbons (Fsp3) is 0.400. The van der Waals surface area contributed by atoms with Crippen molar-refractivity contribution in [1.29, 1.82) is 0 Å². The molecule has 2 aliphatic heterocycles. The Hall–Kier alpha value is -1.24. The molecule has 2 heterocycles. The van der Waals surface area contributed by atoms with Crippen molar-refractivity contribution in [3.63, 3.8) is 0 Å². The third kappa shape index (κ3) is 3.23. The number of rotatable bonds is 5. The predicted molar refractivity (Wildman–Crippen MR) is 107 cm³/mol. The van der Waals surface area contributed by atoms with Crippen molar-refractivity contribution in [3.05, 3.63) is 48.0 Å². The Balaban J connectivity index is 1.76. The molecule has 0 aliphatic carbocycles. The van der Waals surface area contributed by atoms with Crippen molar-refractivity contribution in [2.75, 3.05) is 51.2 Å². The van der Waals surface area contributed by atoms with Crippen molar-refractivity contribution in [2.45, 2.75) is 15.6 Å². The molecule has 2 aliphatic rings. The summed E-state index contributed by atoms with van der Waals surface area (Å²) in [6.07, 6.45) is 0. The average molecular weight is 391 g/mol. The van der Waals surface area contributed by atoms with Crippen LogP contribution < -0.4 is 4.90 Å². The lowest BCUT2D eigenvalue weighted by atomic mass is 10.1. The van der Waals surface area contributed by atoms with Crippen LogP contribution in [0.3, 0.4) is 0 Å².